The third kappa shape index (κ3) is 2.93. The number of rotatable bonds is 4. The van der Waals surface area contributed by atoms with Crippen molar-refractivity contribution in [1.82, 2.24) is 16.2 Å². The van der Waals surface area contributed by atoms with Crippen molar-refractivity contribution in [2.24, 2.45) is 5.92 Å². The van der Waals surface area contributed by atoms with Gasteiger partial charge in [-0.3, -0.25) is 25.2 Å². The zero-order valence-electron chi connectivity index (χ0n) is 8.79. The summed E-state index contributed by atoms with van der Waals surface area (Å²) in [5, 5.41) is 2.70. The van der Waals surface area contributed by atoms with E-state index in [0.717, 1.165) is 6.42 Å². The molecule has 1 aliphatic heterocycles. The number of hydrogen-bond acceptors (Lipinski definition) is 3. The number of hydrogen-bond donors (Lipinski definition) is 3. The first-order valence-corrected chi connectivity index (χ1v) is 4.93. The third-order valence-electron chi connectivity index (χ3n) is 2.35. The summed E-state index contributed by atoms with van der Waals surface area (Å²) in [4.78, 5) is 33.6. The van der Waals surface area contributed by atoms with E-state index in [9.17, 15) is 14.4 Å². The van der Waals surface area contributed by atoms with Gasteiger partial charge in [-0.2, -0.15) is 0 Å². The van der Waals surface area contributed by atoms with Gasteiger partial charge in [-0.15, -0.1) is 0 Å². The normalized spacial score (nSPS) is 18.3. The van der Waals surface area contributed by atoms with Crippen LogP contribution < -0.4 is 16.2 Å². The van der Waals surface area contributed by atoms with E-state index in [2.05, 4.69) is 16.2 Å². The second-order valence-electron chi connectivity index (χ2n) is 3.61. The molecule has 6 heteroatoms. The van der Waals surface area contributed by atoms with Crippen LogP contribution in [0.5, 0.6) is 0 Å². The van der Waals surface area contributed by atoms with E-state index in [4.69, 9.17) is 0 Å². The highest BCUT2D eigenvalue weighted by atomic mass is 16.2. The molecule has 0 spiro atoms. The van der Waals surface area contributed by atoms with Crippen LogP contribution in [0, 0.1) is 5.92 Å². The molecule has 1 saturated heterocycles. The molecular weight excluding hydrogens is 198 g/mol. The maximum atomic E-state index is 11.4. The van der Waals surface area contributed by atoms with Gasteiger partial charge in [0.2, 0.25) is 5.91 Å². The second kappa shape index (κ2) is 4.77. The molecule has 1 fully saturated rings. The average Bonchev–Trinajstić information content (AvgIpc) is 2.49. The van der Waals surface area contributed by atoms with Gasteiger partial charge in [0.15, 0.2) is 0 Å². The Morgan fingerprint density at radius 2 is 1.93 bits per heavy atom. The number of hydrazine groups is 1. The van der Waals surface area contributed by atoms with E-state index < -0.39 is 17.7 Å². The number of amides is 3. The fraction of sp³-hybridized carbons (Fsp3) is 0.667. The van der Waals surface area contributed by atoms with Gasteiger partial charge in [-0.05, 0) is 13.3 Å². The average molecular weight is 213 g/mol. The zero-order chi connectivity index (χ0) is 11.4. The summed E-state index contributed by atoms with van der Waals surface area (Å²) in [6.45, 7) is 3.81. The smallest absolute Gasteiger partial charge is 0.251 e. The first-order chi connectivity index (χ1) is 7.04. The summed E-state index contributed by atoms with van der Waals surface area (Å²) >= 11 is 0. The van der Waals surface area contributed by atoms with E-state index in [0.29, 0.717) is 0 Å². The molecule has 6 nitrogen and oxygen atoms in total. The number of carbonyl (C=O) groups excluding carboxylic acids is 3. The van der Waals surface area contributed by atoms with Crippen LogP contribution in [0.2, 0.25) is 0 Å². The van der Waals surface area contributed by atoms with Crippen LogP contribution in [-0.2, 0) is 14.4 Å². The van der Waals surface area contributed by atoms with Crippen molar-refractivity contribution in [1.29, 1.82) is 0 Å². The molecule has 0 aromatic rings. The Morgan fingerprint density at radius 3 is 2.40 bits per heavy atom. The number of carbonyl (C=O) groups is 3. The summed E-state index contributed by atoms with van der Waals surface area (Å²) in [6.07, 6.45) is 0.719. The van der Waals surface area contributed by atoms with E-state index in [1.165, 1.54) is 0 Å². The van der Waals surface area contributed by atoms with Crippen molar-refractivity contribution in [2.75, 3.05) is 0 Å². The summed E-state index contributed by atoms with van der Waals surface area (Å²) in [7, 11) is 0. The molecule has 0 aromatic heterocycles. The van der Waals surface area contributed by atoms with Crippen molar-refractivity contribution in [3.63, 3.8) is 0 Å². The highest BCUT2D eigenvalue weighted by Gasteiger charge is 2.34. The van der Waals surface area contributed by atoms with Crippen molar-refractivity contribution < 1.29 is 14.4 Å². The molecule has 1 atom stereocenters. The van der Waals surface area contributed by atoms with Crippen molar-refractivity contribution in [3.8, 4) is 0 Å². The van der Waals surface area contributed by atoms with Crippen molar-refractivity contribution >= 4 is 17.7 Å². The molecule has 1 heterocycles. The van der Waals surface area contributed by atoms with Gasteiger partial charge in [0.05, 0.1) is 0 Å². The van der Waals surface area contributed by atoms with Crippen molar-refractivity contribution in [2.45, 2.75) is 32.7 Å². The topological polar surface area (TPSA) is 87.3 Å². The van der Waals surface area contributed by atoms with Gasteiger partial charge in [-0.1, -0.05) is 6.92 Å². The first-order valence-electron chi connectivity index (χ1n) is 4.93. The summed E-state index contributed by atoms with van der Waals surface area (Å²) in [5.74, 6) is -2.06. The zero-order valence-corrected chi connectivity index (χ0v) is 8.79. The van der Waals surface area contributed by atoms with E-state index >= 15 is 0 Å². The van der Waals surface area contributed by atoms with E-state index in [-0.39, 0.29) is 18.4 Å². The molecule has 0 radical (unpaired) electrons. The van der Waals surface area contributed by atoms with E-state index in [1.54, 1.807) is 0 Å². The van der Waals surface area contributed by atoms with Crippen LogP contribution in [0.4, 0.5) is 0 Å². The fourth-order valence-corrected chi connectivity index (χ4v) is 1.22. The Morgan fingerprint density at radius 1 is 1.40 bits per heavy atom. The minimum Gasteiger partial charge on any atom is -0.354 e. The van der Waals surface area contributed by atoms with Crippen LogP contribution in [0.15, 0.2) is 0 Å². The lowest BCUT2D eigenvalue weighted by atomic mass is 10.0. The molecule has 3 N–H and O–H groups in total. The van der Waals surface area contributed by atoms with Gasteiger partial charge in [0.1, 0.15) is 5.92 Å². The lowest BCUT2D eigenvalue weighted by Crippen LogP contribution is -2.35. The summed E-state index contributed by atoms with van der Waals surface area (Å²) < 4.78 is 0. The summed E-state index contributed by atoms with van der Waals surface area (Å²) in [5.41, 5.74) is 4.35. The molecule has 1 rings (SSSR count). The quantitative estimate of drug-likeness (QED) is 0.527. The van der Waals surface area contributed by atoms with Crippen LogP contribution in [0.1, 0.15) is 26.7 Å². The molecule has 0 aromatic carbocycles. The molecule has 0 saturated carbocycles. The minimum atomic E-state index is -0.894. The van der Waals surface area contributed by atoms with Crippen LogP contribution >= 0.6 is 0 Å². The van der Waals surface area contributed by atoms with Gasteiger partial charge >= 0.3 is 0 Å². The van der Waals surface area contributed by atoms with Gasteiger partial charge < -0.3 is 5.32 Å². The van der Waals surface area contributed by atoms with E-state index in [1.807, 2.05) is 13.8 Å². The van der Waals surface area contributed by atoms with Crippen LogP contribution in [0.25, 0.3) is 0 Å². The maximum absolute atomic E-state index is 11.4. The third-order valence-corrected chi connectivity index (χ3v) is 2.35. The van der Waals surface area contributed by atoms with Gasteiger partial charge in [0.25, 0.3) is 11.8 Å². The summed E-state index contributed by atoms with van der Waals surface area (Å²) in [6, 6.07) is 0.0602. The molecule has 1 aliphatic rings. The molecule has 15 heavy (non-hydrogen) atoms. The highest BCUT2D eigenvalue weighted by Crippen LogP contribution is 2.07. The monoisotopic (exact) mass is 213 g/mol. The first kappa shape index (κ1) is 11.5. The molecule has 0 bridgehead atoms. The second-order valence-corrected chi connectivity index (χ2v) is 3.61. The van der Waals surface area contributed by atoms with Gasteiger partial charge in [0, 0.05) is 12.5 Å². The Kier molecular flexibility index (Phi) is 3.65. The molecule has 1 unspecified atom stereocenters. The van der Waals surface area contributed by atoms with Gasteiger partial charge in [-0.25, -0.2) is 0 Å². The molecule has 3 amide bonds. The lowest BCUT2D eigenvalue weighted by molar-refractivity contribution is -0.133. The number of nitrogens with one attached hydrogen (secondary N) is 3. The maximum Gasteiger partial charge on any atom is 0.251 e. The minimum absolute atomic E-state index is 0.0602. The Labute approximate surface area is 87.8 Å². The Balaban J connectivity index is 2.44. The molecular formula is C9H15N3O3. The Hall–Kier alpha value is -1.59. The van der Waals surface area contributed by atoms with Crippen molar-refractivity contribution in [3.05, 3.63) is 0 Å². The molecule has 84 valence electrons. The predicted octanol–water partition coefficient (Wildman–Crippen LogP) is -0.932. The predicted molar refractivity (Wildman–Crippen MR) is 52.3 cm³/mol. The fourth-order valence-electron chi connectivity index (χ4n) is 1.22. The van der Waals surface area contributed by atoms with Crippen LogP contribution in [-0.4, -0.2) is 23.8 Å². The Bertz CT molecular complexity index is 274. The largest absolute Gasteiger partial charge is 0.354 e. The lowest BCUT2D eigenvalue weighted by Gasteiger charge is -2.11. The van der Waals surface area contributed by atoms with Crippen LogP contribution in [0.3, 0.4) is 0 Å². The standard InChI is InChI=1S/C9H15N3O3/c1-3-5(2)10-7(13)4-6-8(14)11-12-9(6)15/h5-6H,3-4H2,1-2H3,(H,10,13)(H,11,14)(H,12,15). The SMILES string of the molecule is CCC(C)NC(=O)CC1C(=O)NNC1=O. The highest BCUT2D eigenvalue weighted by molar-refractivity contribution is 6.07. The molecule has 0 aliphatic carbocycles.